The van der Waals surface area contributed by atoms with Crippen LogP contribution in [0.15, 0.2) is 49.1 Å². The van der Waals surface area contributed by atoms with Crippen molar-refractivity contribution in [3.05, 3.63) is 60.2 Å². The second kappa shape index (κ2) is 6.16. The first-order valence-electron chi connectivity index (χ1n) is 7.47. The predicted molar refractivity (Wildman–Crippen MR) is 82.9 cm³/mol. The van der Waals surface area contributed by atoms with Gasteiger partial charge in [0.25, 0.3) is 5.91 Å². The van der Waals surface area contributed by atoms with Crippen molar-refractivity contribution in [3.63, 3.8) is 0 Å². The van der Waals surface area contributed by atoms with Crippen molar-refractivity contribution in [1.82, 2.24) is 14.9 Å². The highest BCUT2D eigenvalue weighted by atomic mass is 16.4. The molecule has 0 spiro atoms. The molecule has 2 heterocycles. The van der Waals surface area contributed by atoms with Gasteiger partial charge in [0.2, 0.25) is 0 Å². The van der Waals surface area contributed by atoms with Crippen LogP contribution in [0.25, 0.3) is 0 Å². The number of aliphatic carboxylic acids is 1. The van der Waals surface area contributed by atoms with Crippen molar-refractivity contribution in [1.29, 1.82) is 0 Å². The molecule has 1 fully saturated rings. The first-order valence-corrected chi connectivity index (χ1v) is 7.47. The topological polar surface area (TPSA) is 83.4 Å². The van der Waals surface area contributed by atoms with Crippen molar-refractivity contribution in [2.24, 2.45) is 0 Å². The highest BCUT2D eigenvalue weighted by Gasteiger charge is 2.43. The molecule has 6 nitrogen and oxygen atoms in total. The van der Waals surface area contributed by atoms with Gasteiger partial charge in [0.15, 0.2) is 0 Å². The van der Waals surface area contributed by atoms with Crippen LogP contribution in [0.4, 0.5) is 0 Å². The second-order valence-electron chi connectivity index (χ2n) is 5.67. The van der Waals surface area contributed by atoms with Crippen molar-refractivity contribution < 1.29 is 14.7 Å². The van der Waals surface area contributed by atoms with E-state index in [1.54, 1.807) is 4.90 Å². The van der Waals surface area contributed by atoms with Gasteiger partial charge in [0, 0.05) is 25.5 Å². The molecule has 3 rings (SSSR count). The molecule has 0 atom stereocenters. The number of carbonyl (C=O) groups excluding carboxylic acids is 1. The molecule has 0 bridgehead atoms. The fourth-order valence-corrected chi connectivity index (χ4v) is 3.07. The minimum atomic E-state index is -0.925. The SMILES string of the molecule is O=C(c1cncnc1)N1CCC(C(=O)O)(c2ccccc2)CC1. The van der Waals surface area contributed by atoms with Gasteiger partial charge in [-0.3, -0.25) is 9.59 Å². The molecule has 1 aromatic carbocycles. The van der Waals surface area contributed by atoms with E-state index >= 15 is 0 Å². The largest absolute Gasteiger partial charge is 0.481 e. The first kappa shape index (κ1) is 15.1. The van der Waals surface area contributed by atoms with E-state index in [9.17, 15) is 14.7 Å². The summed E-state index contributed by atoms with van der Waals surface area (Å²) in [6.45, 7) is 0.795. The highest BCUT2D eigenvalue weighted by molar-refractivity contribution is 5.94. The summed E-state index contributed by atoms with van der Waals surface area (Å²) in [5, 5.41) is 9.76. The Balaban J connectivity index is 1.79. The van der Waals surface area contributed by atoms with E-state index in [0.717, 1.165) is 5.56 Å². The molecule has 23 heavy (non-hydrogen) atoms. The lowest BCUT2D eigenvalue weighted by molar-refractivity contribution is -0.145. The zero-order valence-electron chi connectivity index (χ0n) is 12.6. The Kier molecular flexibility index (Phi) is 4.06. The molecule has 1 aromatic heterocycles. The molecule has 1 N–H and O–H groups in total. The van der Waals surface area contributed by atoms with Crippen LogP contribution in [-0.4, -0.2) is 44.9 Å². The van der Waals surface area contributed by atoms with Crippen LogP contribution in [0.3, 0.4) is 0 Å². The maximum Gasteiger partial charge on any atom is 0.314 e. The van der Waals surface area contributed by atoms with Gasteiger partial charge in [-0.25, -0.2) is 9.97 Å². The molecule has 1 aliphatic heterocycles. The quantitative estimate of drug-likeness (QED) is 0.933. The van der Waals surface area contributed by atoms with E-state index in [2.05, 4.69) is 9.97 Å². The van der Waals surface area contributed by atoms with Gasteiger partial charge >= 0.3 is 5.97 Å². The minimum Gasteiger partial charge on any atom is -0.481 e. The highest BCUT2D eigenvalue weighted by Crippen LogP contribution is 2.36. The number of hydrogen-bond acceptors (Lipinski definition) is 4. The Morgan fingerprint density at radius 2 is 1.65 bits per heavy atom. The third-order valence-electron chi connectivity index (χ3n) is 4.45. The van der Waals surface area contributed by atoms with Crippen molar-refractivity contribution in [2.45, 2.75) is 18.3 Å². The average Bonchev–Trinajstić information content (AvgIpc) is 2.62. The van der Waals surface area contributed by atoms with E-state index in [-0.39, 0.29) is 5.91 Å². The number of piperidine rings is 1. The smallest absolute Gasteiger partial charge is 0.314 e. The molecule has 1 aliphatic rings. The molecular weight excluding hydrogens is 294 g/mol. The van der Waals surface area contributed by atoms with Crippen LogP contribution in [0.5, 0.6) is 0 Å². The molecule has 6 heteroatoms. The van der Waals surface area contributed by atoms with Crippen molar-refractivity contribution in [3.8, 4) is 0 Å². The zero-order valence-corrected chi connectivity index (χ0v) is 12.6. The first-order chi connectivity index (χ1) is 11.1. The number of likely N-dealkylation sites (tertiary alicyclic amines) is 1. The monoisotopic (exact) mass is 311 g/mol. The van der Waals surface area contributed by atoms with Crippen LogP contribution in [0, 0.1) is 0 Å². The number of carboxylic acid groups (broad SMARTS) is 1. The molecule has 0 saturated carbocycles. The Hall–Kier alpha value is -2.76. The third kappa shape index (κ3) is 2.79. The van der Waals surface area contributed by atoms with Crippen LogP contribution < -0.4 is 0 Å². The molecule has 2 aromatic rings. The van der Waals surface area contributed by atoms with Crippen LogP contribution >= 0.6 is 0 Å². The summed E-state index contributed by atoms with van der Waals surface area (Å²) in [5.74, 6) is -0.989. The van der Waals surface area contributed by atoms with Crippen LogP contribution in [-0.2, 0) is 10.2 Å². The fraction of sp³-hybridized carbons (Fsp3) is 0.294. The van der Waals surface area contributed by atoms with Gasteiger partial charge in [-0.1, -0.05) is 30.3 Å². The van der Waals surface area contributed by atoms with Crippen LogP contribution in [0.1, 0.15) is 28.8 Å². The Morgan fingerprint density at radius 1 is 1.04 bits per heavy atom. The van der Waals surface area contributed by atoms with Gasteiger partial charge in [0.1, 0.15) is 6.33 Å². The molecular formula is C17H17N3O3. The molecule has 118 valence electrons. The third-order valence-corrected chi connectivity index (χ3v) is 4.45. The number of nitrogens with zero attached hydrogens (tertiary/aromatic N) is 3. The average molecular weight is 311 g/mol. The van der Waals surface area contributed by atoms with Crippen LogP contribution in [0.2, 0.25) is 0 Å². The number of benzene rings is 1. The Morgan fingerprint density at radius 3 is 2.22 bits per heavy atom. The molecule has 1 saturated heterocycles. The Bertz CT molecular complexity index is 696. The normalized spacial score (nSPS) is 16.8. The summed E-state index contributed by atoms with van der Waals surface area (Å²) in [5.41, 5.74) is 0.295. The molecule has 0 aliphatic carbocycles. The number of aromatic nitrogens is 2. The summed E-state index contributed by atoms with van der Waals surface area (Å²) >= 11 is 0. The second-order valence-corrected chi connectivity index (χ2v) is 5.67. The number of carboxylic acids is 1. The van der Waals surface area contributed by atoms with Crippen molar-refractivity contribution >= 4 is 11.9 Å². The minimum absolute atomic E-state index is 0.155. The van der Waals surface area contributed by atoms with E-state index < -0.39 is 11.4 Å². The maximum atomic E-state index is 12.4. The summed E-state index contributed by atoms with van der Waals surface area (Å²) < 4.78 is 0. The van der Waals surface area contributed by atoms with Gasteiger partial charge in [-0.2, -0.15) is 0 Å². The summed E-state index contributed by atoms with van der Waals surface area (Å²) in [4.78, 5) is 33.7. The maximum absolute atomic E-state index is 12.4. The molecule has 0 unspecified atom stereocenters. The fourth-order valence-electron chi connectivity index (χ4n) is 3.07. The van der Waals surface area contributed by atoms with Gasteiger partial charge in [0.05, 0.1) is 11.0 Å². The summed E-state index contributed by atoms with van der Waals surface area (Å²) in [6, 6.07) is 9.25. The van der Waals surface area contributed by atoms with Gasteiger partial charge in [-0.15, -0.1) is 0 Å². The van der Waals surface area contributed by atoms with Gasteiger partial charge in [-0.05, 0) is 18.4 Å². The van der Waals surface area contributed by atoms with E-state index in [1.165, 1.54) is 18.7 Å². The number of carbonyl (C=O) groups is 2. The lowest BCUT2D eigenvalue weighted by Crippen LogP contribution is -2.49. The zero-order chi connectivity index (χ0) is 16.3. The summed E-state index contributed by atoms with van der Waals surface area (Å²) in [6.07, 6.45) is 5.12. The number of amides is 1. The Labute approximate surface area is 133 Å². The van der Waals surface area contributed by atoms with E-state index in [1.807, 2.05) is 30.3 Å². The standard InChI is InChI=1S/C17H17N3O3/c21-15(13-10-18-12-19-11-13)20-8-6-17(7-9-20,16(22)23)14-4-2-1-3-5-14/h1-5,10-12H,6-9H2,(H,22,23). The summed E-state index contributed by atoms with van der Waals surface area (Å²) in [7, 11) is 0. The van der Waals surface area contributed by atoms with Crippen molar-refractivity contribution in [2.75, 3.05) is 13.1 Å². The lowest BCUT2D eigenvalue weighted by Gasteiger charge is -2.39. The van der Waals surface area contributed by atoms with E-state index in [0.29, 0.717) is 31.5 Å². The number of hydrogen-bond donors (Lipinski definition) is 1. The van der Waals surface area contributed by atoms with Gasteiger partial charge < -0.3 is 10.0 Å². The lowest BCUT2D eigenvalue weighted by atomic mass is 9.73. The molecule has 0 radical (unpaired) electrons. The molecule has 1 amide bonds. The number of rotatable bonds is 3. The van der Waals surface area contributed by atoms with E-state index in [4.69, 9.17) is 0 Å². The predicted octanol–water partition coefficient (Wildman–Crippen LogP) is 1.74.